The molecule has 0 aliphatic rings. The molecule has 0 saturated carbocycles. The van der Waals surface area contributed by atoms with Crippen molar-refractivity contribution in [1.29, 1.82) is 0 Å². The van der Waals surface area contributed by atoms with Crippen molar-refractivity contribution in [3.05, 3.63) is 0 Å². The summed E-state index contributed by atoms with van der Waals surface area (Å²) in [6.07, 6.45) is 28.4. The quantitative estimate of drug-likeness (QED) is 0.0222. The van der Waals surface area contributed by atoms with E-state index in [0.717, 1.165) is 109 Å². The maximum absolute atomic E-state index is 12.9. The maximum atomic E-state index is 12.9. The Balaban J connectivity index is 5.25. The standard InChI is InChI=1S/C60H116O17P2/c1-9-53(8)39-31-23-17-19-27-35-43-60(65)77-56(47-71-58(63)41-33-25-18-16-22-30-38-52(6)7)49-75-79(68,69)73-45-54(61)44-72-78(66,67)74-48-55(76-59(64)42-34-26-15-11-13-21-29-37-51(4)5)46-70-57(62)40-32-24-14-10-12-20-28-36-50(2)3/h50-56,61H,9-49H2,1-8H3,(H,66,67)(H,68,69)/t53?,54-,55-,56-/m1/s1. The molecule has 0 heterocycles. The Labute approximate surface area is 479 Å². The number of aliphatic hydroxyl groups is 1. The summed E-state index contributed by atoms with van der Waals surface area (Å²) in [5, 5.41) is 10.5. The van der Waals surface area contributed by atoms with Gasteiger partial charge in [-0.25, -0.2) is 9.13 Å². The lowest BCUT2D eigenvalue weighted by molar-refractivity contribution is -0.161. The highest BCUT2D eigenvalue weighted by atomic mass is 31.2. The third-order valence-corrected chi connectivity index (χ3v) is 15.8. The molecule has 0 rings (SSSR count). The monoisotopic (exact) mass is 1170 g/mol. The van der Waals surface area contributed by atoms with Crippen molar-refractivity contribution in [3.8, 4) is 0 Å². The first-order valence-corrected chi connectivity index (χ1v) is 34.2. The SMILES string of the molecule is CCC(C)CCCCCCCCC(=O)O[C@H](COC(=O)CCCCCCCCC(C)C)COP(=O)(O)OC[C@H](O)COP(=O)(O)OC[C@@H](COC(=O)CCCCCCCCCC(C)C)OC(=O)CCCCCCCCCC(C)C. The zero-order valence-electron chi connectivity index (χ0n) is 51.0. The van der Waals surface area contributed by atoms with Crippen LogP contribution in [0.3, 0.4) is 0 Å². The largest absolute Gasteiger partial charge is 0.472 e. The Kier molecular flexibility index (Phi) is 49.3. The van der Waals surface area contributed by atoms with E-state index in [-0.39, 0.29) is 25.7 Å². The molecule has 0 saturated heterocycles. The first-order chi connectivity index (χ1) is 37.6. The number of rotatable bonds is 57. The number of aliphatic hydroxyl groups excluding tert-OH is 1. The summed E-state index contributed by atoms with van der Waals surface area (Å²) in [6.45, 7) is 13.8. The van der Waals surface area contributed by atoms with E-state index in [4.69, 9.17) is 37.0 Å². The lowest BCUT2D eigenvalue weighted by Gasteiger charge is -2.21. The summed E-state index contributed by atoms with van der Waals surface area (Å²) in [6, 6.07) is 0. The molecular formula is C60H116O17P2. The van der Waals surface area contributed by atoms with Crippen LogP contribution in [0.1, 0.15) is 280 Å². The van der Waals surface area contributed by atoms with Gasteiger partial charge in [0.05, 0.1) is 26.4 Å². The molecule has 0 aromatic rings. The summed E-state index contributed by atoms with van der Waals surface area (Å²) in [4.78, 5) is 71.9. The molecular weight excluding hydrogens is 1050 g/mol. The van der Waals surface area contributed by atoms with Crippen molar-refractivity contribution in [2.24, 2.45) is 23.7 Å². The summed E-state index contributed by atoms with van der Waals surface area (Å²) >= 11 is 0. The summed E-state index contributed by atoms with van der Waals surface area (Å²) < 4.78 is 67.7. The van der Waals surface area contributed by atoms with Crippen LogP contribution >= 0.6 is 15.6 Å². The van der Waals surface area contributed by atoms with Crippen LogP contribution < -0.4 is 0 Å². The molecule has 0 fully saturated rings. The summed E-state index contributed by atoms with van der Waals surface area (Å²) in [5.41, 5.74) is 0. The van der Waals surface area contributed by atoms with Gasteiger partial charge in [-0.05, 0) is 49.4 Å². The van der Waals surface area contributed by atoms with Gasteiger partial charge in [-0.1, -0.05) is 229 Å². The van der Waals surface area contributed by atoms with E-state index in [1.54, 1.807) is 0 Å². The predicted octanol–water partition coefficient (Wildman–Crippen LogP) is 15.8. The van der Waals surface area contributed by atoms with Crippen LogP contribution in [0.25, 0.3) is 0 Å². The van der Waals surface area contributed by atoms with Crippen LogP contribution in [0.4, 0.5) is 0 Å². The third-order valence-electron chi connectivity index (χ3n) is 13.9. The molecule has 17 nitrogen and oxygen atoms in total. The first-order valence-electron chi connectivity index (χ1n) is 31.2. The van der Waals surface area contributed by atoms with Crippen LogP contribution in [-0.4, -0.2) is 96.7 Å². The molecule has 0 spiro atoms. The van der Waals surface area contributed by atoms with Crippen LogP contribution in [0.15, 0.2) is 0 Å². The van der Waals surface area contributed by atoms with Crippen LogP contribution in [0, 0.1) is 23.7 Å². The highest BCUT2D eigenvalue weighted by molar-refractivity contribution is 7.47. The second-order valence-electron chi connectivity index (χ2n) is 23.4. The Morgan fingerprint density at radius 3 is 0.899 bits per heavy atom. The van der Waals surface area contributed by atoms with Gasteiger partial charge in [-0.3, -0.25) is 37.3 Å². The highest BCUT2D eigenvalue weighted by Gasteiger charge is 2.30. The third kappa shape index (κ3) is 53.8. The summed E-state index contributed by atoms with van der Waals surface area (Å²) in [5.74, 6) is 0.649. The topological polar surface area (TPSA) is 237 Å². The van der Waals surface area contributed by atoms with Crippen LogP contribution in [-0.2, 0) is 65.4 Å². The number of esters is 4. The zero-order valence-corrected chi connectivity index (χ0v) is 52.8. The maximum Gasteiger partial charge on any atom is 0.472 e. The molecule has 0 aliphatic carbocycles. The van der Waals surface area contributed by atoms with E-state index in [0.29, 0.717) is 43.4 Å². The van der Waals surface area contributed by atoms with E-state index in [1.165, 1.54) is 70.6 Å². The molecule has 0 aromatic heterocycles. The number of ether oxygens (including phenoxy) is 4. The smallest absolute Gasteiger partial charge is 0.462 e. The number of hydrogen-bond acceptors (Lipinski definition) is 15. The van der Waals surface area contributed by atoms with Gasteiger partial charge in [0.15, 0.2) is 12.2 Å². The van der Waals surface area contributed by atoms with Crippen molar-refractivity contribution in [3.63, 3.8) is 0 Å². The minimum absolute atomic E-state index is 0.101. The van der Waals surface area contributed by atoms with Gasteiger partial charge in [0.2, 0.25) is 0 Å². The van der Waals surface area contributed by atoms with Gasteiger partial charge in [0.1, 0.15) is 19.3 Å². The molecule has 19 heteroatoms. The van der Waals surface area contributed by atoms with Gasteiger partial charge in [-0.15, -0.1) is 0 Å². The second kappa shape index (κ2) is 50.6. The lowest BCUT2D eigenvalue weighted by Crippen LogP contribution is -2.30. The van der Waals surface area contributed by atoms with E-state index in [2.05, 4.69) is 55.4 Å². The van der Waals surface area contributed by atoms with Gasteiger partial charge in [0, 0.05) is 25.7 Å². The lowest BCUT2D eigenvalue weighted by atomic mass is 10.00. The molecule has 0 aliphatic heterocycles. The van der Waals surface area contributed by atoms with Gasteiger partial charge in [-0.2, -0.15) is 0 Å². The Morgan fingerprint density at radius 2 is 0.608 bits per heavy atom. The molecule has 0 radical (unpaired) electrons. The van der Waals surface area contributed by atoms with E-state index in [9.17, 15) is 43.2 Å². The molecule has 6 atom stereocenters. The van der Waals surface area contributed by atoms with Crippen molar-refractivity contribution in [2.75, 3.05) is 39.6 Å². The zero-order chi connectivity index (χ0) is 59.0. The minimum Gasteiger partial charge on any atom is -0.462 e. The Bertz CT molecular complexity index is 1600. The number of unbranched alkanes of at least 4 members (excludes halogenated alkanes) is 22. The highest BCUT2D eigenvalue weighted by Crippen LogP contribution is 2.45. The van der Waals surface area contributed by atoms with Crippen LogP contribution in [0.5, 0.6) is 0 Å². The number of carbonyl (C=O) groups is 4. The van der Waals surface area contributed by atoms with Crippen molar-refractivity contribution in [1.82, 2.24) is 0 Å². The summed E-state index contributed by atoms with van der Waals surface area (Å²) in [7, 11) is -9.88. The average molecular weight is 1170 g/mol. The minimum atomic E-state index is -4.94. The van der Waals surface area contributed by atoms with Crippen molar-refractivity contribution in [2.45, 2.75) is 298 Å². The van der Waals surface area contributed by atoms with Gasteiger partial charge >= 0.3 is 39.5 Å². The van der Waals surface area contributed by atoms with Crippen LogP contribution in [0.2, 0.25) is 0 Å². The van der Waals surface area contributed by atoms with Crippen molar-refractivity contribution >= 4 is 39.5 Å². The predicted molar refractivity (Wildman–Crippen MR) is 312 cm³/mol. The Morgan fingerprint density at radius 1 is 0.354 bits per heavy atom. The van der Waals surface area contributed by atoms with E-state index < -0.39 is 97.5 Å². The number of phosphoric acid groups is 2. The first kappa shape index (κ1) is 77.1. The van der Waals surface area contributed by atoms with Gasteiger partial charge in [0.25, 0.3) is 0 Å². The number of carbonyl (C=O) groups excluding carboxylic acids is 4. The molecule has 3 unspecified atom stereocenters. The van der Waals surface area contributed by atoms with E-state index >= 15 is 0 Å². The fraction of sp³-hybridized carbons (Fsp3) is 0.933. The molecule has 0 amide bonds. The molecule has 3 N–H and O–H groups in total. The Hall–Kier alpha value is -1.94. The average Bonchev–Trinajstić information content (AvgIpc) is 3.39. The number of phosphoric ester groups is 2. The van der Waals surface area contributed by atoms with E-state index in [1.807, 2.05) is 0 Å². The van der Waals surface area contributed by atoms with Crippen molar-refractivity contribution < 1.29 is 80.2 Å². The van der Waals surface area contributed by atoms with Gasteiger partial charge < -0.3 is 33.8 Å². The molecule has 0 bridgehead atoms. The molecule has 79 heavy (non-hydrogen) atoms. The molecule has 0 aromatic carbocycles. The fourth-order valence-electron chi connectivity index (χ4n) is 8.69. The normalized spacial score (nSPS) is 14.9. The number of hydrogen-bond donors (Lipinski definition) is 3. The molecule has 468 valence electrons. The second-order valence-corrected chi connectivity index (χ2v) is 26.3. The fourth-order valence-corrected chi connectivity index (χ4v) is 10.3.